The van der Waals surface area contributed by atoms with Gasteiger partial charge in [0.2, 0.25) is 0 Å². The summed E-state index contributed by atoms with van der Waals surface area (Å²) >= 11 is 0. The summed E-state index contributed by atoms with van der Waals surface area (Å²) in [5.74, 6) is 0. The molecule has 1 aromatic rings. The van der Waals surface area contributed by atoms with Crippen LogP contribution in [0.15, 0.2) is 24.3 Å². The van der Waals surface area contributed by atoms with Gasteiger partial charge in [-0.05, 0) is 12.1 Å². The molecule has 0 aliphatic rings. The van der Waals surface area contributed by atoms with E-state index in [0.29, 0.717) is 0 Å². The van der Waals surface area contributed by atoms with E-state index in [2.05, 4.69) is 5.32 Å². The number of nitrogens with one attached hydrogen (secondary N) is 1. The molecule has 0 fully saturated rings. The first-order valence-corrected chi connectivity index (χ1v) is 3.30. The summed E-state index contributed by atoms with van der Waals surface area (Å²) in [5, 5.41) is 2.85. The van der Waals surface area contributed by atoms with Crippen LogP contribution in [0.25, 0.3) is 0 Å². The zero-order valence-corrected chi connectivity index (χ0v) is 6.14. The summed E-state index contributed by atoms with van der Waals surface area (Å²) in [5.41, 5.74) is 0.901. The van der Waals surface area contributed by atoms with E-state index >= 15 is 0 Å². The molecule has 1 aromatic carbocycles. The lowest BCUT2D eigenvalue weighted by Gasteiger charge is -2.01. The van der Waals surface area contributed by atoms with Crippen LogP contribution >= 0.6 is 0 Å². The second-order valence-electron chi connectivity index (χ2n) is 2.17. The molecule has 0 radical (unpaired) electrons. The maximum Gasteiger partial charge on any atom is 0.263 e. The Hall–Kier alpha value is -1.12. The molecule has 0 aliphatic carbocycles. The van der Waals surface area contributed by atoms with Crippen molar-refractivity contribution >= 4 is 5.69 Å². The Balaban J connectivity index is 2.83. The van der Waals surface area contributed by atoms with Gasteiger partial charge in [-0.3, -0.25) is 0 Å². The van der Waals surface area contributed by atoms with Crippen LogP contribution in [0.5, 0.6) is 0 Å². The summed E-state index contributed by atoms with van der Waals surface area (Å²) < 4.78 is 24.0. The third-order valence-electron chi connectivity index (χ3n) is 1.45. The van der Waals surface area contributed by atoms with E-state index in [-0.39, 0.29) is 5.56 Å². The van der Waals surface area contributed by atoms with Crippen LogP contribution in [-0.2, 0) is 0 Å². The van der Waals surface area contributed by atoms with E-state index in [4.69, 9.17) is 0 Å². The van der Waals surface area contributed by atoms with Crippen molar-refractivity contribution in [2.24, 2.45) is 0 Å². The normalized spacial score (nSPS) is 10.2. The zero-order valence-electron chi connectivity index (χ0n) is 6.14. The van der Waals surface area contributed by atoms with Gasteiger partial charge in [0, 0.05) is 18.3 Å². The van der Waals surface area contributed by atoms with Crippen molar-refractivity contribution in [3.63, 3.8) is 0 Å². The smallest absolute Gasteiger partial charge is 0.263 e. The number of benzene rings is 1. The fourth-order valence-corrected chi connectivity index (χ4v) is 0.795. The van der Waals surface area contributed by atoms with E-state index in [0.717, 1.165) is 5.69 Å². The summed E-state index contributed by atoms with van der Waals surface area (Å²) in [6.45, 7) is 0. The number of rotatable bonds is 2. The van der Waals surface area contributed by atoms with Crippen LogP contribution in [-0.4, -0.2) is 7.05 Å². The molecule has 60 valence electrons. The fourth-order valence-electron chi connectivity index (χ4n) is 0.795. The molecule has 0 amide bonds. The third kappa shape index (κ3) is 1.90. The third-order valence-corrected chi connectivity index (χ3v) is 1.45. The highest BCUT2D eigenvalue weighted by Gasteiger charge is 2.04. The molecular weight excluding hydrogens is 148 g/mol. The average Bonchev–Trinajstić information content (AvgIpc) is 2.05. The lowest BCUT2D eigenvalue weighted by molar-refractivity contribution is 0.151. The predicted molar refractivity (Wildman–Crippen MR) is 40.9 cm³/mol. The van der Waals surface area contributed by atoms with Crippen molar-refractivity contribution in [3.8, 4) is 0 Å². The lowest BCUT2D eigenvalue weighted by Crippen LogP contribution is -1.88. The van der Waals surface area contributed by atoms with Crippen molar-refractivity contribution in [3.05, 3.63) is 29.8 Å². The van der Waals surface area contributed by atoms with Crippen LogP contribution in [0, 0.1) is 0 Å². The van der Waals surface area contributed by atoms with E-state index in [1.54, 1.807) is 19.2 Å². The van der Waals surface area contributed by atoms with Crippen molar-refractivity contribution in [2.75, 3.05) is 12.4 Å². The van der Waals surface area contributed by atoms with Crippen molar-refractivity contribution in [1.29, 1.82) is 0 Å². The van der Waals surface area contributed by atoms with Crippen molar-refractivity contribution < 1.29 is 8.78 Å². The number of anilines is 1. The van der Waals surface area contributed by atoms with Crippen LogP contribution in [0.4, 0.5) is 14.5 Å². The molecule has 0 spiro atoms. The second kappa shape index (κ2) is 3.32. The van der Waals surface area contributed by atoms with Gasteiger partial charge in [0.1, 0.15) is 0 Å². The molecule has 0 unspecified atom stereocenters. The minimum Gasteiger partial charge on any atom is -0.388 e. The Bertz CT molecular complexity index is 218. The summed E-state index contributed by atoms with van der Waals surface area (Å²) in [7, 11) is 1.75. The van der Waals surface area contributed by atoms with Crippen molar-refractivity contribution in [2.45, 2.75) is 6.43 Å². The van der Waals surface area contributed by atoms with Gasteiger partial charge in [0.25, 0.3) is 6.43 Å². The molecule has 0 saturated carbocycles. The first-order chi connectivity index (χ1) is 5.24. The van der Waals surface area contributed by atoms with Gasteiger partial charge in [0.05, 0.1) is 0 Å². The molecule has 1 N–H and O–H groups in total. The Morgan fingerprint density at radius 3 is 2.09 bits per heavy atom. The number of hydrogen-bond acceptors (Lipinski definition) is 1. The molecule has 1 rings (SSSR count). The largest absolute Gasteiger partial charge is 0.388 e. The van der Waals surface area contributed by atoms with Gasteiger partial charge < -0.3 is 5.32 Å². The summed E-state index contributed by atoms with van der Waals surface area (Å²) in [4.78, 5) is 0. The molecule has 0 heterocycles. The Morgan fingerprint density at radius 2 is 1.73 bits per heavy atom. The van der Waals surface area contributed by atoms with E-state index in [1.807, 2.05) is 0 Å². The minimum absolute atomic E-state index is 0.0593. The average molecular weight is 157 g/mol. The molecule has 0 aromatic heterocycles. The lowest BCUT2D eigenvalue weighted by atomic mass is 10.2. The molecule has 1 nitrogen and oxygen atoms in total. The van der Waals surface area contributed by atoms with Crippen LogP contribution < -0.4 is 5.32 Å². The topological polar surface area (TPSA) is 12.0 Å². The maximum atomic E-state index is 12.0. The van der Waals surface area contributed by atoms with Gasteiger partial charge >= 0.3 is 0 Å². The Morgan fingerprint density at radius 1 is 1.18 bits per heavy atom. The molecule has 0 bridgehead atoms. The van der Waals surface area contributed by atoms with Crippen LogP contribution in [0.3, 0.4) is 0 Å². The first kappa shape index (κ1) is 7.98. The quantitative estimate of drug-likeness (QED) is 0.695. The zero-order chi connectivity index (χ0) is 8.27. The van der Waals surface area contributed by atoms with Gasteiger partial charge in [-0.2, -0.15) is 0 Å². The molecule has 0 atom stereocenters. The Labute approximate surface area is 64.0 Å². The van der Waals surface area contributed by atoms with E-state index < -0.39 is 6.43 Å². The molecular formula is C8H9F2N. The minimum atomic E-state index is -2.37. The van der Waals surface area contributed by atoms with Gasteiger partial charge in [0.15, 0.2) is 0 Å². The molecule has 0 aliphatic heterocycles. The number of hydrogen-bond donors (Lipinski definition) is 1. The van der Waals surface area contributed by atoms with Gasteiger partial charge in [-0.25, -0.2) is 8.78 Å². The highest BCUT2D eigenvalue weighted by molar-refractivity contribution is 5.43. The van der Waals surface area contributed by atoms with E-state index in [1.165, 1.54) is 12.1 Å². The molecule has 11 heavy (non-hydrogen) atoms. The summed E-state index contributed by atoms with van der Waals surface area (Å²) in [6.07, 6.45) is -2.37. The number of halogens is 2. The first-order valence-electron chi connectivity index (χ1n) is 3.30. The monoisotopic (exact) mass is 157 g/mol. The van der Waals surface area contributed by atoms with Crippen molar-refractivity contribution in [1.82, 2.24) is 0 Å². The highest BCUT2D eigenvalue weighted by atomic mass is 19.3. The second-order valence-corrected chi connectivity index (χ2v) is 2.17. The van der Waals surface area contributed by atoms with Crippen LogP contribution in [0.2, 0.25) is 0 Å². The Kier molecular flexibility index (Phi) is 2.41. The molecule has 0 saturated heterocycles. The van der Waals surface area contributed by atoms with Gasteiger partial charge in [-0.1, -0.05) is 12.1 Å². The SMILES string of the molecule is CNc1ccc(C(F)F)cc1. The summed E-state index contributed by atoms with van der Waals surface area (Å²) in [6, 6.07) is 6.08. The number of alkyl halides is 2. The maximum absolute atomic E-state index is 12.0. The molecule has 3 heteroatoms. The standard InChI is InChI=1S/C8H9F2N/c1-11-7-4-2-6(3-5-7)8(9)10/h2-5,8,11H,1H3. The predicted octanol–water partition coefficient (Wildman–Crippen LogP) is 2.67. The fraction of sp³-hybridized carbons (Fsp3) is 0.250. The van der Waals surface area contributed by atoms with Gasteiger partial charge in [-0.15, -0.1) is 0 Å². The van der Waals surface area contributed by atoms with E-state index in [9.17, 15) is 8.78 Å². The van der Waals surface area contributed by atoms with Crippen LogP contribution in [0.1, 0.15) is 12.0 Å². The highest BCUT2D eigenvalue weighted by Crippen LogP contribution is 2.19.